The molecule has 84 valence electrons. The quantitative estimate of drug-likeness (QED) is 0.818. The van der Waals surface area contributed by atoms with Crippen LogP contribution in [0.1, 0.15) is 22.6 Å². The molecule has 6 nitrogen and oxygen atoms in total. The van der Waals surface area contributed by atoms with Crippen LogP contribution in [0.25, 0.3) is 10.7 Å². The largest absolute Gasteiger partial charge is 0.460 e. The first-order valence-electron chi connectivity index (χ1n) is 4.73. The number of rotatable bonds is 3. The van der Waals surface area contributed by atoms with Crippen molar-refractivity contribution in [2.24, 2.45) is 0 Å². The first kappa shape index (κ1) is 10.7. The molecule has 1 N–H and O–H groups in total. The summed E-state index contributed by atoms with van der Waals surface area (Å²) in [6, 6.07) is 0. The van der Waals surface area contributed by atoms with Crippen LogP contribution in [0.15, 0.2) is 6.20 Å². The SMILES string of the molecule is CCOC(=O)c1n[nH]c(-c2cnc(C)s2)n1. The molecule has 0 aliphatic rings. The van der Waals surface area contributed by atoms with E-state index in [1.54, 1.807) is 13.1 Å². The lowest BCUT2D eigenvalue weighted by atomic mass is 10.5. The van der Waals surface area contributed by atoms with Gasteiger partial charge in [0.15, 0.2) is 5.82 Å². The van der Waals surface area contributed by atoms with Gasteiger partial charge in [0.25, 0.3) is 5.82 Å². The van der Waals surface area contributed by atoms with Gasteiger partial charge in [-0.15, -0.1) is 16.4 Å². The van der Waals surface area contributed by atoms with Crippen LogP contribution in [0.5, 0.6) is 0 Å². The van der Waals surface area contributed by atoms with E-state index in [9.17, 15) is 4.79 Å². The van der Waals surface area contributed by atoms with E-state index in [4.69, 9.17) is 4.74 Å². The van der Waals surface area contributed by atoms with Crippen molar-refractivity contribution in [3.63, 3.8) is 0 Å². The summed E-state index contributed by atoms with van der Waals surface area (Å²) in [5.74, 6) is 0.0581. The first-order valence-corrected chi connectivity index (χ1v) is 5.54. The first-order chi connectivity index (χ1) is 7.70. The van der Waals surface area contributed by atoms with E-state index >= 15 is 0 Å². The molecular formula is C9H10N4O2S. The third-order valence-electron chi connectivity index (χ3n) is 1.80. The Hall–Kier alpha value is -1.76. The maximum atomic E-state index is 11.3. The Balaban J connectivity index is 2.22. The van der Waals surface area contributed by atoms with Crippen molar-refractivity contribution in [3.05, 3.63) is 17.0 Å². The number of carbonyl (C=O) groups excluding carboxylic acids is 1. The molecule has 0 aromatic carbocycles. The van der Waals surface area contributed by atoms with Crippen molar-refractivity contribution in [1.29, 1.82) is 0 Å². The molecular weight excluding hydrogens is 228 g/mol. The molecule has 0 bridgehead atoms. The molecule has 0 aliphatic carbocycles. The number of aryl methyl sites for hydroxylation is 1. The van der Waals surface area contributed by atoms with Crippen LogP contribution in [-0.2, 0) is 4.74 Å². The Kier molecular flexibility index (Phi) is 2.95. The number of hydrogen-bond donors (Lipinski definition) is 1. The van der Waals surface area contributed by atoms with Crippen LogP contribution in [0.2, 0.25) is 0 Å². The van der Waals surface area contributed by atoms with Crippen LogP contribution >= 0.6 is 11.3 Å². The van der Waals surface area contributed by atoms with Crippen molar-refractivity contribution < 1.29 is 9.53 Å². The zero-order valence-electron chi connectivity index (χ0n) is 8.85. The van der Waals surface area contributed by atoms with Gasteiger partial charge in [-0.3, -0.25) is 5.10 Å². The predicted molar refractivity (Wildman–Crippen MR) is 58.2 cm³/mol. The fraction of sp³-hybridized carbons (Fsp3) is 0.333. The van der Waals surface area contributed by atoms with Gasteiger partial charge in [0.1, 0.15) is 0 Å². The highest BCUT2D eigenvalue weighted by Gasteiger charge is 2.15. The summed E-state index contributed by atoms with van der Waals surface area (Å²) in [6.45, 7) is 3.94. The van der Waals surface area contributed by atoms with Gasteiger partial charge in [0.2, 0.25) is 0 Å². The third kappa shape index (κ3) is 2.08. The molecule has 0 unspecified atom stereocenters. The van der Waals surface area contributed by atoms with Gasteiger partial charge < -0.3 is 4.74 Å². The number of aromatic amines is 1. The molecule has 0 saturated carbocycles. The molecule has 0 aliphatic heterocycles. The normalized spacial score (nSPS) is 10.4. The summed E-state index contributed by atoms with van der Waals surface area (Å²) >= 11 is 1.48. The highest BCUT2D eigenvalue weighted by atomic mass is 32.1. The maximum Gasteiger partial charge on any atom is 0.378 e. The van der Waals surface area contributed by atoms with Crippen LogP contribution < -0.4 is 0 Å². The average Bonchev–Trinajstić information content (AvgIpc) is 2.85. The minimum atomic E-state index is -0.522. The fourth-order valence-corrected chi connectivity index (χ4v) is 1.85. The van der Waals surface area contributed by atoms with Gasteiger partial charge in [-0.1, -0.05) is 0 Å². The van der Waals surface area contributed by atoms with E-state index in [0.29, 0.717) is 12.4 Å². The molecule has 2 aromatic rings. The van der Waals surface area contributed by atoms with E-state index < -0.39 is 5.97 Å². The Morgan fingerprint density at radius 2 is 2.44 bits per heavy atom. The number of ether oxygens (including phenoxy) is 1. The summed E-state index contributed by atoms with van der Waals surface area (Å²) in [6.07, 6.45) is 1.69. The van der Waals surface area contributed by atoms with Gasteiger partial charge in [0.05, 0.1) is 16.5 Å². The number of carbonyl (C=O) groups is 1. The van der Waals surface area contributed by atoms with Crippen molar-refractivity contribution >= 4 is 17.3 Å². The lowest BCUT2D eigenvalue weighted by Gasteiger charge is -1.94. The summed E-state index contributed by atoms with van der Waals surface area (Å²) in [5, 5.41) is 7.41. The van der Waals surface area contributed by atoms with E-state index in [-0.39, 0.29) is 5.82 Å². The Labute approximate surface area is 95.7 Å². The smallest absolute Gasteiger partial charge is 0.378 e. The number of nitrogens with one attached hydrogen (secondary N) is 1. The van der Waals surface area contributed by atoms with Crippen molar-refractivity contribution in [2.75, 3.05) is 6.61 Å². The average molecular weight is 238 g/mol. The summed E-state index contributed by atoms with van der Waals surface area (Å²) in [5.41, 5.74) is 0. The highest BCUT2D eigenvalue weighted by molar-refractivity contribution is 7.14. The van der Waals surface area contributed by atoms with Crippen LogP contribution in [-0.4, -0.2) is 32.7 Å². The molecule has 0 saturated heterocycles. The predicted octanol–water partition coefficient (Wildman–Crippen LogP) is 1.41. The van der Waals surface area contributed by atoms with Gasteiger partial charge in [-0.25, -0.2) is 14.8 Å². The lowest BCUT2D eigenvalue weighted by molar-refractivity contribution is 0.0512. The van der Waals surface area contributed by atoms with Gasteiger partial charge in [-0.2, -0.15) is 0 Å². The molecule has 7 heteroatoms. The Morgan fingerprint density at radius 1 is 1.62 bits per heavy atom. The zero-order chi connectivity index (χ0) is 11.5. The molecule has 2 aromatic heterocycles. The number of H-pyrrole nitrogens is 1. The molecule has 0 amide bonds. The fourth-order valence-electron chi connectivity index (χ4n) is 1.13. The molecule has 2 heterocycles. The van der Waals surface area contributed by atoms with E-state index in [1.807, 2.05) is 6.92 Å². The second-order valence-electron chi connectivity index (χ2n) is 2.97. The number of hydrogen-bond acceptors (Lipinski definition) is 6. The van der Waals surface area contributed by atoms with Crippen molar-refractivity contribution in [1.82, 2.24) is 20.2 Å². The van der Waals surface area contributed by atoms with E-state index in [0.717, 1.165) is 9.88 Å². The third-order valence-corrected chi connectivity index (χ3v) is 2.72. The van der Waals surface area contributed by atoms with E-state index in [2.05, 4.69) is 20.2 Å². The lowest BCUT2D eigenvalue weighted by Crippen LogP contribution is -2.06. The molecule has 2 rings (SSSR count). The molecule has 0 atom stereocenters. The summed E-state index contributed by atoms with van der Waals surface area (Å²) in [4.78, 5) is 20.3. The number of aromatic nitrogens is 4. The minimum absolute atomic E-state index is 0.0444. The maximum absolute atomic E-state index is 11.3. The number of thiazole rings is 1. The van der Waals surface area contributed by atoms with Crippen molar-refractivity contribution in [2.45, 2.75) is 13.8 Å². The standard InChI is InChI=1S/C9H10N4O2S/c1-3-15-9(14)8-11-7(12-13-8)6-4-10-5(2)16-6/h4H,3H2,1-2H3,(H,11,12,13). The monoisotopic (exact) mass is 238 g/mol. The van der Waals surface area contributed by atoms with Gasteiger partial charge >= 0.3 is 5.97 Å². The van der Waals surface area contributed by atoms with E-state index in [1.165, 1.54) is 11.3 Å². The summed E-state index contributed by atoms with van der Waals surface area (Å²) in [7, 11) is 0. The van der Waals surface area contributed by atoms with Crippen LogP contribution in [0.4, 0.5) is 0 Å². The Bertz CT molecular complexity index is 505. The molecule has 16 heavy (non-hydrogen) atoms. The van der Waals surface area contributed by atoms with Gasteiger partial charge in [-0.05, 0) is 13.8 Å². The van der Waals surface area contributed by atoms with Crippen LogP contribution in [0, 0.1) is 6.92 Å². The minimum Gasteiger partial charge on any atom is -0.460 e. The molecule has 0 spiro atoms. The second kappa shape index (κ2) is 4.40. The molecule has 0 fully saturated rings. The van der Waals surface area contributed by atoms with Crippen LogP contribution in [0.3, 0.4) is 0 Å². The second-order valence-corrected chi connectivity index (χ2v) is 4.21. The summed E-state index contributed by atoms with van der Waals surface area (Å²) < 4.78 is 4.79. The number of nitrogens with zero attached hydrogens (tertiary/aromatic N) is 3. The van der Waals surface area contributed by atoms with Crippen molar-refractivity contribution in [3.8, 4) is 10.7 Å². The highest BCUT2D eigenvalue weighted by Crippen LogP contribution is 2.21. The number of esters is 1. The topological polar surface area (TPSA) is 80.8 Å². The Morgan fingerprint density at radius 3 is 3.06 bits per heavy atom. The zero-order valence-corrected chi connectivity index (χ0v) is 9.67. The van der Waals surface area contributed by atoms with Gasteiger partial charge in [0, 0.05) is 6.20 Å². The molecule has 0 radical (unpaired) electrons.